The van der Waals surface area contributed by atoms with Gasteiger partial charge in [-0.25, -0.2) is 8.42 Å². The highest BCUT2D eigenvalue weighted by Crippen LogP contribution is 2.24. The lowest BCUT2D eigenvalue weighted by atomic mass is 9.98. The molecule has 1 aliphatic rings. The van der Waals surface area contributed by atoms with E-state index in [1.165, 1.54) is 9.87 Å². The maximum Gasteiger partial charge on any atom is 0.243 e. The molecule has 7 heteroatoms. The van der Waals surface area contributed by atoms with Gasteiger partial charge in [0.05, 0.1) is 16.9 Å². The molecule has 3 rings (SSSR count). The number of sulfonamides is 1. The second kappa shape index (κ2) is 9.83. The fraction of sp³-hybridized carbons (Fsp3) is 0.458. The smallest absolute Gasteiger partial charge is 0.243 e. The SMILES string of the molecule is Cc1ccc(S(=O)(=O)N2CCC[C@H](C(=O)N[C@H](C)COc3ccc(C)c(C)c3)C2)cc1. The summed E-state index contributed by atoms with van der Waals surface area (Å²) in [6.07, 6.45) is 1.34. The molecule has 0 aliphatic carbocycles. The van der Waals surface area contributed by atoms with Gasteiger partial charge in [-0.2, -0.15) is 4.31 Å². The molecule has 6 nitrogen and oxygen atoms in total. The minimum absolute atomic E-state index is 0.125. The van der Waals surface area contributed by atoms with Crippen LogP contribution in [0.1, 0.15) is 36.5 Å². The summed E-state index contributed by atoms with van der Waals surface area (Å²) in [5.74, 6) is 0.287. The first-order valence-electron chi connectivity index (χ1n) is 10.7. The summed E-state index contributed by atoms with van der Waals surface area (Å²) in [5.41, 5.74) is 3.37. The van der Waals surface area contributed by atoms with Crippen LogP contribution in [0.4, 0.5) is 0 Å². The van der Waals surface area contributed by atoms with Crippen LogP contribution in [-0.4, -0.2) is 44.4 Å². The van der Waals surface area contributed by atoms with Crippen LogP contribution in [0.5, 0.6) is 5.75 Å². The zero-order valence-electron chi connectivity index (χ0n) is 18.7. The van der Waals surface area contributed by atoms with Gasteiger partial charge in [0.1, 0.15) is 12.4 Å². The van der Waals surface area contributed by atoms with E-state index in [1.54, 1.807) is 24.3 Å². The molecule has 0 saturated carbocycles. The molecule has 2 aromatic rings. The lowest BCUT2D eigenvalue weighted by molar-refractivity contribution is -0.126. The second-order valence-corrected chi connectivity index (χ2v) is 10.4. The van der Waals surface area contributed by atoms with Gasteiger partial charge in [-0.3, -0.25) is 4.79 Å². The fourth-order valence-corrected chi connectivity index (χ4v) is 5.19. The van der Waals surface area contributed by atoms with E-state index >= 15 is 0 Å². The predicted octanol–water partition coefficient (Wildman–Crippen LogP) is 3.60. The van der Waals surface area contributed by atoms with Gasteiger partial charge in [0, 0.05) is 13.1 Å². The third kappa shape index (κ3) is 5.86. The number of aryl methyl sites for hydroxylation is 3. The number of carbonyl (C=O) groups excluding carboxylic acids is 1. The third-order valence-electron chi connectivity index (χ3n) is 5.78. The number of nitrogens with zero attached hydrogens (tertiary/aromatic N) is 1. The van der Waals surface area contributed by atoms with Crippen molar-refractivity contribution in [3.05, 3.63) is 59.2 Å². The maximum atomic E-state index is 13.0. The van der Waals surface area contributed by atoms with Crippen LogP contribution in [0.3, 0.4) is 0 Å². The number of hydrogen-bond acceptors (Lipinski definition) is 4. The predicted molar refractivity (Wildman–Crippen MR) is 122 cm³/mol. The number of carbonyl (C=O) groups is 1. The summed E-state index contributed by atoms with van der Waals surface area (Å²) in [5, 5.41) is 2.98. The lowest BCUT2D eigenvalue weighted by Gasteiger charge is -2.31. The van der Waals surface area contributed by atoms with E-state index in [0.717, 1.165) is 16.9 Å². The summed E-state index contributed by atoms with van der Waals surface area (Å²) in [6, 6.07) is 12.6. The first-order chi connectivity index (χ1) is 14.7. The standard InChI is InChI=1S/C24H32N2O4S/c1-17-7-11-23(12-8-17)31(28,29)26-13-5-6-21(15-26)24(27)25-20(4)16-30-22-10-9-18(2)19(3)14-22/h7-12,14,20-21H,5-6,13,15-16H2,1-4H3,(H,25,27)/t20-,21+/m1/s1. The number of rotatable bonds is 7. The highest BCUT2D eigenvalue weighted by molar-refractivity contribution is 7.89. The first kappa shape index (κ1) is 23.3. The number of ether oxygens (including phenoxy) is 1. The summed E-state index contributed by atoms with van der Waals surface area (Å²) in [7, 11) is -3.60. The van der Waals surface area contributed by atoms with Gasteiger partial charge in [0.2, 0.25) is 15.9 Å². The highest BCUT2D eigenvalue weighted by atomic mass is 32.2. The quantitative estimate of drug-likeness (QED) is 0.708. The summed E-state index contributed by atoms with van der Waals surface area (Å²) in [4.78, 5) is 13.1. The largest absolute Gasteiger partial charge is 0.491 e. The number of nitrogens with one attached hydrogen (secondary N) is 1. The van der Waals surface area contributed by atoms with Crippen molar-refractivity contribution in [1.29, 1.82) is 0 Å². The number of amides is 1. The van der Waals surface area contributed by atoms with E-state index in [1.807, 2.05) is 39.0 Å². The molecule has 1 heterocycles. The Balaban J connectivity index is 1.56. The average Bonchev–Trinajstić information content (AvgIpc) is 2.75. The number of benzene rings is 2. The van der Waals surface area contributed by atoms with Crippen molar-refractivity contribution in [2.24, 2.45) is 5.92 Å². The molecule has 0 bridgehead atoms. The summed E-state index contributed by atoms with van der Waals surface area (Å²) < 4.78 is 33.2. The lowest BCUT2D eigenvalue weighted by Crippen LogP contribution is -2.48. The van der Waals surface area contributed by atoms with Crippen molar-refractivity contribution >= 4 is 15.9 Å². The molecule has 168 valence electrons. The van der Waals surface area contributed by atoms with Crippen molar-refractivity contribution in [1.82, 2.24) is 9.62 Å². The van der Waals surface area contributed by atoms with Crippen molar-refractivity contribution in [3.63, 3.8) is 0 Å². The van der Waals surface area contributed by atoms with Crippen LogP contribution in [0, 0.1) is 26.7 Å². The molecule has 0 spiro atoms. The Bertz CT molecular complexity index is 1020. The number of piperidine rings is 1. The van der Waals surface area contributed by atoms with E-state index < -0.39 is 10.0 Å². The van der Waals surface area contributed by atoms with Gasteiger partial charge in [0.15, 0.2) is 0 Å². The molecule has 1 N–H and O–H groups in total. The van der Waals surface area contributed by atoms with Crippen molar-refractivity contribution in [3.8, 4) is 5.75 Å². The van der Waals surface area contributed by atoms with Crippen molar-refractivity contribution < 1.29 is 17.9 Å². The van der Waals surface area contributed by atoms with Gasteiger partial charge < -0.3 is 10.1 Å². The van der Waals surface area contributed by atoms with Crippen LogP contribution >= 0.6 is 0 Å². The third-order valence-corrected chi connectivity index (χ3v) is 7.66. The van der Waals surface area contributed by atoms with Crippen LogP contribution in [0.15, 0.2) is 47.4 Å². The Labute approximate surface area is 185 Å². The Hall–Kier alpha value is -2.38. The summed E-state index contributed by atoms with van der Waals surface area (Å²) in [6.45, 7) is 8.89. The van der Waals surface area contributed by atoms with Gasteiger partial charge in [-0.1, -0.05) is 23.8 Å². The minimum atomic E-state index is -3.60. The van der Waals surface area contributed by atoms with E-state index in [9.17, 15) is 13.2 Å². The van der Waals surface area contributed by atoms with Crippen LogP contribution in [-0.2, 0) is 14.8 Å². The van der Waals surface area contributed by atoms with E-state index in [0.29, 0.717) is 26.0 Å². The molecular weight excluding hydrogens is 412 g/mol. The Morgan fingerprint density at radius 2 is 1.84 bits per heavy atom. The average molecular weight is 445 g/mol. The molecular formula is C24H32N2O4S. The van der Waals surface area contributed by atoms with Gasteiger partial charge >= 0.3 is 0 Å². The Morgan fingerprint density at radius 3 is 2.52 bits per heavy atom. The normalized spacial score (nSPS) is 18.4. The molecule has 2 atom stereocenters. The molecule has 1 amide bonds. The molecule has 1 fully saturated rings. The fourth-order valence-electron chi connectivity index (χ4n) is 3.66. The van der Waals surface area contributed by atoms with Crippen molar-refractivity contribution in [2.45, 2.75) is 51.5 Å². The van der Waals surface area contributed by atoms with E-state index in [-0.39, 0.29) is 29.3 Å². The minimum Gasteiger partial charge on any atom is -0.491 e. The van der Waals surface area contributed by atoms with Gasteiger partial charge in [-0.05, 0) is 75.9 Å². The topological polar surface area (TPSA) is 75.7 Å². The van der Waals surface area contributed by atoms with Crippen LogP contribution in [0.2, 0.25) is 0 Å². The Morgan fingerprint density at radius 1 is 1.13 bits per heavy atom. The summed E-state index contributed by atoms with van der Waals surface area (Å²) >= 11 is 0. The second-order valence-electron chi connectivity index (χ2n) is 8.48. The monoisotopic (exact) mass is 444 g/mol. The molecule has 0 radical (unpaired) electrons. The zero-order chi connectivity index (χ0) is 22.6. The Kier molecular flexibility index (Phi) is 7.38. The van der Waals surface area contributed by atoms with Crippen LogP contribution < -0.4 is 10.1 Å². The first-order valence-corrected chi connectivity index (χ1v) is 12.2. The molecule has 0 aromatic heterocycles. The number of hydrogen-bond donors (Lipinski definition) is 1. The van der Waals surface area contributed by atoms with Gasteiger partial charge in [-0.15, -0.1) is 0 Å². The maximum absolute atomic E-state index is 13.0. The molecule has 0 unspecified atom stereocenters. The zero-order valence-corrected chi connectivity index (χ0v) is 19.5. The van der Waals surface area contributed by atoms with E-state index in [2.05, 4.69) is 12.2 Å². The molecule has 31 heavy (non-hydrogen) atoms. The highest BCUT2D eigenvalue weighted by Gasteiger charge is 2.33. The van der Waals surface area contributed by atoms with E-state index in [4.69, 9.17) is 4.74 Å². The van der Waals surface area contributed by atoms with Gasteiger partial charge in [0.25, 0.3) is 0 Å². The van der Waals surface area contributed by atoms with Crippen LogP contribution in [0.25, 0.3) is 0 Å². The molecule has 1 saturated heterocycles. The molecule has 2 aromatic carbocycles. The van der Waals surface area contributed by atoms with Crippen molar-refractivity contribution in [2.75, 3.05) is 19.7 Å². The molecule has 1 aliphatic heterocycles.